The van der Waals surface area contributed by atoms with Crippen molar-refractivity contribution in [3.63, 3.8) is 0 Å². The van der Waals surface area contributed by atoms with Crippen LogP contribution in [0.5, 0.6) is 0 Å². The normalized spacial score (nSPS) is 20.1. The second kappa shape index (κ2) is 21.4. The number of halogens is 1. The Morgan fingerprint density at radius 3 is 1.18 bits per heavy atom. The van der Waals surface area contributed by atoms with E-state index in [-0.39, 0.29) is 13.2 Å². The van der Waals surface area contributed by atoms with Gasteiger partial charge in [0.05, 0.1) is 59.5 Å². The highest BCUT2D eigenvalue weighted by Gasteiger charge is 2.29. The lowest BCUT2D eigenvalue weighted by Gasteiger charge is -2.20. The Labute approximate surface area is 251 Å². The van der Waals surface area contributed by atoms with Gasteiger partial charge in [-0.25, -0.2) is 22.8 Å². The van der Waals surface area contributed by atoms with Crippen molar-refractivity contribution in [3.05, 3.63) is 0 Å². The summed E-state index contributed by atoms with van der Waals surface area (Å²) in [4.78, 5) is 55.7. The van der Waals surface area contributed by atoms with Crippen LogP contribution in [0.4, 0.5) is 4.48 Å². The molecule has 7 atom stereocenters. The Kier molecular flexibility index (Phi) is 21.6. The standard InChI is InChI=1S/C16H39FNO21P5/c1-14(8-19)9-36-41(23,24)31-3-5-33-43(27,28)38-12-16(7-18-17)13-39-44(29,30)34-6-4-32-42(25,26)37-11-15(2)10-35-40(20,21)22/h14-16,18-19H,3-13H2,1-2H3,(H,23,24)(H,25,26)(H,27,28)(H,29,30)(H2,20,21,22). The van der Waals surface area contributed by atoms with Gasteiger partial charge in [-0.15, -0.1) is 4.48 Å². The first-order valence-electron chi connectivity index (χ1n) is 12.2. The second-order valence-corrected chi connectivity index (χ2v) is 15.8. The lowest BCUT2D eigenvalue weighted by molar-refractivity contribution is 0.0667. The average molecular weight is 755 g/mol. The summed E-state index contributed by atoms with van der Waals surface area (Å²) >= 11 is 0. The van der Waals surface area contributed by atoms with Crippen LogP contribution in [-0.2, 0) is 63.5 Å². The summed E-state index contributed by atoms with van der Waals surface area (Å²) in [6.07, 6.45) is 0. The van der Waals surface area contributed by atoms with Crippen LogP contribution in [-0.4, -0.2) is 107 Å². The highest BCUT2D eigenvalue weighted by atomic mass is 31.2. The minimum absolute atomic E-state index is 0.304. The summed E-state index contributed by atoms with van der Waals surface area (Å²) in [6.45, 7) is -3.82. The summed E-state index contributed by atoms with van der Waals surface area (Å²) in [5, 5.41) is 8.86. The van der Waals surface area contributed by atoms with Crippen LogP contribution in [0.2, 0.25) is 0 Å². The molecule has 8 N–H and O–H groups in total. The van der Waals surface area contributed by atoms with Crippen LogP contribution < -0.4 is 5.54 Å². The molecular weight excluding hydrogens is 716 g/mol. The van der Waals surface area contributed by atoms with E-state index < -0.39 is 116 Å². The molecule has 28 heteroatoms. The van der Waals surface area contributed by atoms with Crippen molar-refractivity contribution < 1.29 is 102 Å². The summed E-state index contributed by atoms with van der Waals surface area (Å²) in [7, 11) is -23.7. The molecule has 0 saturated carbocycles. The third-order valence-electron chi connectivity index (χ3n) is 4.38. The van der Waals surface area contributed by atoms with E-state index >= 15 is 0 Å². The van der Waals surface area contributed by atoms with Crippen LogP contribution >= 0.6 is 39.1 Å². The largest absolute Gasteiger partial charge is 0.472 e. The van der Waals surface area contributed by atoms with Crippen LogP contribution in [0.15, 0.2) is 0 Å². The Hall–Kier alpha value is 0.400. The Morgan fingerprint density at radius 1 is 0.545 bits per heavy atom. The van der Waals surface area contributed by atoms with Gasteiger partial charge in [-0.2, -0.15) is 5.54 Å². The maximum Gasteiger partial charge on any atom is 0.472 e. The number of phosphoric ester groups is 5. The van der Waals surface area contributed by atoms with E-state index in [1.54, 1.807) is 0 Å². The molecule has 0 aliphatic heterocycles. The molecule has 0 aromatic heterocycles. The number of nitrogens with one attached hydrogen (secondary N) is 1. The molecule has 0 radical (unpaired) electrons. The topological polar surface area (TPSA) is 322 Å². The van der Waals surface area contributed by atoms with Crippen LogP contribution in [0, 0.1) is 17.8 Å². The molecule has 266 valence electrons. The zero-order chi connectivity index (χ0) is 34.1. The molecule has 0 bridgehead atoms. The zero-order valence-electron chi connectivity index (χ0n) is 23.5. The number of rotatable bonds is 28. The third-order valence-corrected chi connectivity index (χ3v) is 8.80. The fourth-order valence-electron chi connectivity index (χ4n) is 2.20. The van der Waals surface area contributed by atoms with E-state index in [1.807, 2.05) is 0 Å². The van der Waals surface area contributed by atoms with Crippen molar-refractivity contribution in [2.24, 2.45) is 17.8 Å². The van der Waals surface area contributed by atoms with Gasteiger partial charge in [0.2, 0.25) is 0 Å². The van der Waals surface area contributed by atoms with Gasteiger partial charge in [-0.3, -0.25) is 40.7 Å². The minimum Gasteiger partial charge on any atom is -0.396 e. The quantitative estimate of drug-likeness (QED) is 0.0313. The van der Waals surface area contributed by atoms with Gasteiger partial charge >= 0.3 is 39.1 Å². The number of hydrogen-bond donors (Lipinski definition) is 8. The molecule has 7 unspecified atom stereocenters. The van der Waals surface area contributed by atoms with Crippen molar-refractivity contribution in [1.29, 1.82) is 0 Å². The molecule has 0 aromatic carbocycles. The molecule has 0 saturated heterocycles. The molecule has 0 amide bonds. The van der Waals surface area contributed by atoms with Crippen molar-refractivity contribution in [2.45, 2.75) is 13.8 Å². The van der Waals surface area contributed by atoms with Gasteiger partial charge in [-0.1, -0.05) is 13.8 Å². The molecule has 0 aliphatic carbocycles. The molecule has 0 heterocycles. The lowest BCUT2D eigenvalue weighted by Crippen LogP contribution is -2.25. The highest BCUT2D eigenvalue weighted by Crippen LogP contribution is 2.48. The van der Waals surface area contributed by atoms with Crippen LogP contribution in [0.25, 0.3) is 0 Å². The van der Waals surface area contributed by atoms with E-state index in [4.69, 9.17) is 14.9 Å². The van der Waals surface area contributed by atoms with Gasteiger partial charge in [0.1, 0.15) is 0 Å². The summed E-state index contributed by atoms with van der Waals surface area (Å²) in [5.74, 6) is -2.37. The maximum absolute atomic E-state index is 12.6. The molecular formula is C16H39FNO21P5. The first-order valence-corrected chi connectivity index (χ1v) is 19.7. The van der Waals surface area contributed by atoms with Crippen molar-refractivity contribution >= 4 is 39.1 Å². The Bertz CT molecular complexity index is 1050. The van der Waals surface area contributed by atoms with Gasteiger partial charge < -0.3 is 34.5 Å². The van der Waals surface area contributed by atoms with Crippen LogP contribution in [0.1, 0.15) is 13.8 Å². The Morgan fingerprint density at radius 2 is 0.864 bits per heavy atom. The van der Waals surface area contributed by atoms with E-state index in [0.717, 1.165) is 0 Å². The zero-order valence-corrected chi connectivity index (χ0v) is 27.9. The number of hydrogen-bond acceptors (Lipinski definition) is 16. The van der Waals surface area contributed by atoms with E-state index in [9.17, 15) is 46.9 Å². The minimum atomic E-state index is -4.87. The van der Waals surface area contributed by atoms with Gasteiger partial charge in [-0.05, 0) is 0 Å². The van der Waals surface area contributed by atoms with E-state index in [2.05, 4.69) is 40.7 Å². The molecule has 0 aliphatic rings. The predicted molar refractivity (Wildman–Crippen MR) is 143 cm³/mol. The summed E-state index contributed by atoms with van der Waals surface area (Å²) in [6, 6.07) is 0. The van der Waals surface area contributed by atoms with Crippen molar-refractivity contribution in [2.75, 3.05) is 72.6 Å². The number of phosphoric acid groups is 5. The number of aliphatic hydroxyl groups is 1. The molecule has 0 rings (SSSR count). The maximum atomic E-state index is 12.6. The highest BCUT2D eigenvalue weighted by molar-refractivity contribution is 7.48. The number of aliphatic hydroxyl groups excluding tert-OH is 1. The van der Waals surface area contributed by atoms with Gasteiger partial charge in [0.25, 0.3) is 0 Å². The summed E-state index contributed by atoms with van der Waals surface area (Å²) < 4.78 is 112. The Balaban J connectivity index is 4.47. The van der Waals surface area contributed by atoms with Gasteiger partial charge in [0.15, 0.2) is 0 Å². The smallest absolute Gasteiger partial charge is 0.396 e. The molecule has 0 fully saturated rings. The molecule has 44 heavy (non-hydrogen) atoms. The van der Waals surface area contributed by atoms with Crippen molar-refractivity contribution in [1.82, 2.24) is 5.54 Å². The fourth-order valence-corrected chi connectivity index (χ4v) is 5.85. The predicted octanol–water partition coefficient (Wildman–Crippen LogP) is 0.985. The van der Waals surface area contributed by atoms with Crippen molar-refractivity contribution in [3.8, 4) is 0 Å². The summed E-state index contributed by atoms with van der Waals surface area (Å²) in [5.41, 5.74) is 1.21. The van der Waals surface area contributed by atoms with Gasteiger partial charge in [0, 0.05) is 30.9 Å². The first-order chi connectivity index (χ1) is 20.1. The second-order valence-electron chi connectivity index (χ2n) is 8.77. The fraction of sp³-hybridized carbons (Fsp3) is 1.00. The monoisotopic (exact) mass is 755 g/mol. The van der Waals surface area contributed by atoms with E-state index in [0.29, 0.717) is 0 Å². The molecule has 0 aromatic rings. The average Bonchev–Trinajstić information content (AvgIpc) is 2.91. The molecule has 22 nitrogen and oxygen atoms in total. The third kappa shape index (κ3) is 25.5. The lowest BCUT2D eigenvalue weighted by atomic mass is 10.2. The van der Waals surface area contributed by atoms with E-state index in [1.165, 1.54) is 19.4 Å². The molecule has 0 spiro atoms. The van der Waals surface area contributed by atoms with Crippen LogP contribution in [0.3, 0.4) is 0 Å². The first kappa shape index (κ1) is 44.4. The SMILES string of the molecule is CC(CO)COP(=O)(O)OCCOP(=O)(O)OCC(CNF)COP(=O)(O)OCCOP(=O)(O)OCC(C)COP(=O)(O)O.